The molecule has 0 radical (unpaired) electrons. The standard InChI is InChI=1S/C12H16N2O4/c1-3-10(7-15)13-12(16)9-4-8(2)5-11(6-9)14(17)18/h4-6,10,15H,3,7H2,1-2H3,(H,13,16)/t10-/m1/s1. The molecule has 1 atom stereocenters. The Morgan fingerprint density at radius 1 is 1.50 bits per heavy atom. The highest BCUT2D eigenvalue weighted by Gasteiger charge is 2.15. The van der Waals surface area contributed by atoms with Crippen molar-refractivity contribution in [1.82, 2.24) is 5.32 Å². The van der Waals surface area contributed by atoms with E-state index in [0.29, 0.717) is 12.0 Å². The predicted octanol–water partition coefficient (Wildman–Crippen LogP) is 1.40. The fourth-order valence-electron chi connectivity index (χ4n) is 1.54. The Morgan fingerprint density at radius 3 is 2.67 bits per heavy atom. The molecule has 6 heteroatoms. The van der Waals surface area contributed by atoms with E-state index in [1.54, 1.807) is 13.0 Å². The minimum atomic E-state index is -0.535. The van der Waals surface area contributed by atoms with Crippen LogP contribution in [0.2, 0.25) is 0 Å². The molecule has 98 valence electrons. The summed E-state index contributed by atoms with van der Waals surface area (Å²) in [5.41, 5.74) is 0.761. The Kier molecular flexibility index (Phi) is 4.79. The van der Waals surface area contributed by atoms with Gasteiger partial charge in [-0.15, -0.1) is 0 Å². The normalized spacial score (nSPS) is 11.9. The molecular weight excluding hydrogens is 236 g/mol. The Bertz CT molecular complexity index is 455. The van der Waals surface area contributed by atoms with Crippen LogP contribution in [-0.4, -0.2) is 28.6 Å². The van der Waals surface area contributed by atoms with E-state index in [1.165, 1.54) is 12.1 Å². The van der Waals surface area contributed by atoms with E-state index in [0.717, 1.165) is 0 Å². The average Bonchev–Trinajstić information content (AvgIpc) is 2.34. The van der Waals surface area contributed by atoms with E-state index in [-0.39, 0.29) is 23.9 Å². The van der Waals surface area contributed by atoms with Crippen molar-refractivity contribution in [1.29, 1.82) is 0 Å². The molecule has 0 saturated carbocycles. The van der Waals surface area contributed by atoms with Crippen molar-refractivity contribution in [2.45, 2.75) is 26.3 Å². The number of nitrogens with zero attached hydrogens (tertiary/aromatic N) is 1. The monoisotopic (exact) mass is 252 g/mol. The van der Waals surface area contributed by atoms with Gasteiger partial charge in [0.1, 0.15) is 0 Å². The lowest BCUT2D eigenvalue weighted by Crippen LogP contribution is -2.36. The summed E-state index contributed by atoms with van der Waals surface area (Å²) < 4.78 is 0. The van der Waals surface area contributed by atoms with Crippen LogP contribution in [0.4, 0.5) is 5.69 Å². The van der Waals surface area contributed by atoms with E-state index in [4.69, 9.17) is 5.11 Å². The number of non-ortho nitro benzene ring substituents is 1. The van der Waals surface area contributed by atoms with Gasteiger partial charge in [-0.1, -0.05) is 6.92 Å². The molecule has 0 unspecified atom stereocenters. The minimum Gasteiger partial charge on any atom is -0.394 e. The van der Waals surface area contributed by atoms with Gasteiger partial charge in [0, 0.05) is 17.7 Å². The highest BCUT2D eigenvalue weighted by atomic mass is 16.6. The molecule has 0 aliphatic carbocycles. The summed E-state index contributed by atoms with van der Waals surface area (Å²) in [6.07, 6.45) is 0.593. The Hall–Kier alpha value is -1.95. The van der Waals surface area contributed by atoms with E-state index >= 15 is 0 Å². The molecule has 18 heavy (non-hydrogen) atoms. The Morgan fingerprint density at radius 2 is 2.17 bits per heavy atom. The van der Waals surface area contributed by atoms with Crippen molar-refractivity contribution in [2.24, 2.45) is 0 Å². The molecule has 1 aromatic rings. The predicted molar refractivity (Wildman–Crippen MR) is 66.5 cm³/mol. The number of nitrogens with one attached hydrogen (secondary N) is 1. The van der Waals surface area contributed by atoms with Gasteiger partial charge in [0.2, 0.25) is 0 Å². The van der Waals surface area contributed by atoms with Crippen molar-refractivity contribution >= 4 is 11.6 Å². The first-order valence-corrected chi connectivity index (χ1v) is 5.65. The molecule has 0 bridgehead atoms. The molecule has 0 aromatic heterocycles. The summed E-state index contributed by atoms with van der Waals surface area (Å²) in [6.45, 7) is 3.36. The van der Waals surface area contributed by atoms with Crippen molar-refractivity contribution < 1.29 is 14.8 Å². The van der Waals surface area contributed by atoms with E-state index in [9.17, 15) is 14.9 Å². The molecule has 6 nitrogen and oxygen atoms in total. The Balaban J connectivity index is 2.95. The first-order chi connectivity index (χ1) is 8.47. The number of aryl methyl sites for hydroxylation is 1. The number of hydrogen-bond acceptors (Lipinski definition) is 4. The minimum absolute atomic E-state index is 0.114. The van der Waals surface area contributed by atoms with Crippen LogP contribution >= 0.6 is 0 Å². The van der Waals surface area contributed by atoms with Crippen molar-refractivity contribution in [3.63, 3.8) is 0 Å². The SMILES string of the molecule is CC[C@H](CO)NC(=O)c1cc(C)cc([N+](=O)[O-])c1. The van der Waals surface area contributed by atoms with Gasteiger partial charge in [-0.25, -0.2) is 0 Å². The van der Waals surface area contributed by atoms with Crippen LogP contribution in [0, 0.1) is 17.0 Å². The highest BCUT2D eigenvalue weighted by Crippen LogP contribution is 2.16. The molecule has 0 aliphatic rings. The maximum atomic E-state index is 11.9. The lowest BCUT2D eigenvalue weighted by molar-refractivity contribution is -0.384. The third-order valence-electron chi connectivity index (χ3n) is 2.58. The number of nitro groups is 1. The second kappa shape index (κ2) is 6.11. The summed E-state index contributed by atoms with van der Waals surface area (Å²) in [7, 11) is 0. The summed E-state index contributed by atoms with van der Waals surface area (Å²) in [4.78, 5) is 22.0. The summed E-state index contributed by atoms with van der Waals surface area (Å²) >= 11 is 0. The van der Waals surface area contributed by atoms with Gasteiger partial charge < -0.3 is 10.4 Å². The van der Waals surface area contributed by atoms with Crippen LogP contribution in [0.1, 0.15) is 29.3 Å². The first-order valence-electron chi connectivity index (χ1n) is 5.65. The topological polar surface area (TPSA) is 92.5 Å². The smallest absolute Gasteiger partial charge is 0.270 e. The number of hydrogen-bond donors (Lipinski definition) is 2. The number of aliphatic hydroxyl groups is 1. The van der Waals surface area contributed by atoms with Crippen molar-refractivity contribution in [2.75, 3.05) is 6.61 Å². The molecule has 1 amide bonds. The van der Waals surface area contributed by atoms with Crippen LogP contribution in [0.3, 0.4) is 0 Å². The van der Waals surface area contributed by atoms with Gasteiger partial charge in [-0.2, -0.15) is 0 Å². The number of nitro benzene ring substituents is 1. The largest absolute Gasteiger partial charge is 0.394 e. The van der Waals surface area contributed by atoms with Gasteiger partial charge in [0.05, 0.1) is 17.6 Å². The molecule has 1 rings (SSSR count). The fraction of sp³-hybridized carbons (Fsp3) is 0.417. The second-order valence-corrected chi connectivity index (χ2v) is 4.08. The zero-order valence-electron chi connectivity index (χ0n) is 10.3. The highest BCUT2D eigenvalue weighted by molar-refractivity contribution is 5.95. The van der Waals surface area contributed by atoms with Crippen molar-refractivity contribution in [3.05, 3.63) is 39.4 Å². The lowest BCUT2D eigenvalue weighted by Gasteiger charge is -2.14. The molecule has 2 N–H and O–H groups in total. The first kappa shape index (κ1) is 14.1. The van der Waals surface area contributed by atoms with Crippen LogP contribution in [-0.2, 0) is 0 Å². The summed E-state index contributed by atoms with van der Waals surface area (Å²) in [6, 6.07) is 3.87. The van der Waals surface area contributed by atoms with Crippen molar-refractivity contribution in [3.8, 4) is 0 Å². The third-order valence-corrected chi connectivity index (χ3v) is 2.58. The maximum Gasteiger partial charge on any atom is 0.270 e. The van der Waals surface area contributed by atoms with Gasteiger partial charge in [-0.05, 0) is 25.0 Å². The molecule has 0 saturated heterocycles. The van der Waals surface area contributed by atoms with Crippen LogP contribution in [0.25, 0.3) is 0 Å². The van der Waals surface area contributed by atoms with Gasteiger partial charge >= 0.3 is 0 Å². The van der Waals surface area contributed by atoms with Gasteiger partial charge in [0.25, 0.3) is 11.6 Å². The van der Waals surface area contributed by atoms with Gasteiger partial charge in [0.15, 0.2) is 0 Å². The second-order valence-electron chi connectivity index (χ2n) is 4.08. The summed E-state index contributed by atoms with van der Waals surface area (Å²) in [5, 5.41) is 22.3. The third kappa shape index (κ3) is 3.53. The number of aliphatic hydroxyl groups excluding tert-OH is 1. The zero-order chi connectivity index (χ0) is 13.7. The quantitative estimate of drug-likeness (QED) is 0.612. The molecular formula is C12H16N2O4. The van der Waals surface area contributed by atoms with Crippen LogP contribution < -0.4 is 5.32 Å². The number of carbonyl (C=O) groups is 1. The van der Waals surface area contributed by atoms with E-state index < -0.39 is 10.8 Å². The van der Waals surface area contributed by atoms with E-state index in [1.807, 2.05) is 6.92 Å². The number of benzene rings is 1. The molecule has 0 fully saturated rings. The number of carbonyl (C=O) groups excluding carboxylic acids is 1. The molecule has 0 heterocycles. The number of amides is 1. The molecule has 1 aromatic carbocycles. The van der Waals surface area contributed by atoms with Gasteiger partial charge in [-0.3, -0.25) is 14.9 Å². The number of rotatable bonds is 5. The van der Waals surface area contributed by atoms with Crippen LogP contribution in [0.15, 0.2) is 18.2 Å². The molecule has 0 aliphatic heterocycles. The lowest BCUT2D eigenvalue weighted by atomic mass is 10.1. The zero-order valence-corrected chi connectivity index (χ0v) is 10.3. The average molecular weight is 252 g/mol. The fourth-order valence-corrected chi connectivity index (χ4v) is 1.54. The molecule has 0 spiro atoms. The summed E-state index contributed by atoms with van der Waals surface area (Å²) in [5.74, 6) is -0.414. The maximum absolute atomic E-state index is 11.9. The van der Waals surface area contributed by atoms with Crippen LogP contribution in [0.5, 0.6) is 0 Å². The Labute approximate surface area is 105 Å². The van der Waals surface area contributed by atoms with E-state index in [2.05, 4.69) is 5.32 Å².